The van der Waals surface area contributed by atoms with E-state index >= 15 is 0 Å². The highest BCUT2D eigenvalue weighted by Gasteiger charge is 1.98. The fourth-order valence-corrected chi connectivity index (χ4v) is 0.850. The van der Waals surface area contributed by atoms with Gasteiger partial charge in [-0.15, -0.1) is 0 Å². The van der Waals surface area contributed by atoms with Crippen LogP contribution in [0.25, 0.3) is 0 Å². The summed E-state index contributed by atoms with van der Waals surface area (Å²) in [6.45, 7) is 5.64. The van der Waals surface area contributed by atoms with Gasteiger partial charge in [-0.05, 0) is 19.8 Å². The van der Waals surface area contributed by atoms with Crippen LogP contribution in [0.5, 0.6) is 0 Å². The van der Waals surface area contributed by atoms with E-state index in [9.17, 15) is 4.79 Å². The maximum absolute atomic E-state index is 10.5. The summed E-state index contributed by atoms with van der Waals surface area (Å²) in [7, 11) is 0. The van der Waals surface area contributed by atoms with Gasteiger partial charge in [-0.25, -0.2) is 0 Å². The summed E-state index contributed by atoms with van der Waals surface area (Å²) in [5.74, 6) is 0.674. The third-order valence-electron chi connectivity index (χ3n) is 1.13. The summed E-state index contributed by atoms with van der Waals surface area (Å²) in [6, 6.07) is 0. The minimum atomic E-state index is 0.264. The van der Waals surface area contributed by atoms with Crippen LogP contribution in [0.2, 0.25) is 0 Å². The van der Waals surface area contributed by atoms with E-state index in [1.54, 1.807) is 6.92 Å². The minimum Gasteiger partial charge on any atom is -0.300 e. The van der Waals surface area contributed by atoms with Gasteiger partial charge in [0, 0.05) is 6.42 Å². The summed E-state index contributed by atoms with van der Waals surface area (Å²) >= 11 is 0. The van der Waals surface area contributed by atoms with Crippen LogP contribution in [0.4, 0.5) is 0 Å². The molecule has 1 atom stereocenters. The number of Topliss-reactive ketones (excluding diaryl/α,β-unsaturated/α-hetero) is 1. The van der Waals surface area contributed by atoms with Gasteiger partial charge in [-0.2, -0.15) is 0 Å². The quantitative estimate of drug-likeness (QED) is 0.530. The van der Waals surface area contributed by atoms with E-state index < -0.39 is 0 Å². The van der Waals surface area contributed by atoms with Crippen molar-refractivity contribution in [2.75, 3.05) is 0 Å². The van der Waals surface area contributed by atoms with Gasteiger partial charge in [0.15, 0.2) is 0 Å². The van der Waals surface area contributed by atoms with Crippen molar-refractivity contribution in [3.63, 3.8) is 0 Å². The van der Waals surface area contributed by atoms with Crippen molar-refractivity contribution in [1.29, 1.82) is 0 Å². The molecule has 0 bridgehead atoms. The van der Waals surface area contributed by atoms with Gasteiger partial charge < -0.3 is 4.79 Å². The number of allylic oxidation sites excluding steroid dienone is 2. The first-order valence-corrected chi connectivity index (χ1v) is 3.29. The van der Waals surface area contributed by atoms with Crippen LogP contribution < -0.4 is 0 Å². The lowest BCUT2D eigenvalue weighted by molar-refractivity contribution is -0.117. The van der Waals surface area contributed by atoms with Crippen LogP contribution in [0, 0.1) is 5.92 Å². The van der Waals surface area contributed by atoms with E-state index in [1.807, 2.05) is 26.0 Å². The third kappa shape index (κ3) is 5.28. The Bertz CT molecular complexity index is 114. The van der Waals surface area contributed by atoms with Crippen LogP contribution >= 0.6 is 0 Å². The summed E-state index contributed by atoms with van der Waals surface area (Å²) in [5.41, 5.74) is 0. The van der Waals surface area contributed by atoms with Crippen molar-refractivity contribution in [2.24, 2.45) is 5.92 Å². The molecular formula is C8H14O. The maximum Gasteiger partial charge on any atom is 0.130 e. The van der Waals surface area contributed by atoms with Gasteiger partial charge in [0.1, 0.15) is 5.78 Å². The Kier molecular flexibility index (Phi) is 4.02. The van der Waals surface area contributed by atoms with Crippen molar-refractivity contribution in [2.45, 2.75) is 27.2 Å². The summed E-state index contributed by atoms with van der Waals surface area (Å²) in [6.07, 6.45) is 4.69. The molecule has 1 unspecified atom stereocenters. The summed E-state index contributed by atoms with van der Waals surface area (Å²) in [5, 5.41) is 0. The molecule has 1 nitrogen and oxygen atoms in total. The second-order valence-corrected chi connectivity index (χ2v) is 2.41. The van der Waals surface area contributed by atoms with Crippen molar-refractivity contribution >= 4 is 5.78 Å². The van der Waals surface area contributed by atoms with Crippen LogP contribution in [0.3, 0.4) is 0 Å². The standard InChI is InChI=1S/C8H14O/c1-4-5-7(2)6-8(3)9/h4-5,7H,6H2,1-3H3/b5-4+. The van der Waals surface area contributed by atoms with Gasteiger partial charge in [0.2, 0.25) is 0 Å². The van der Waals surface area contributed by atoms with E-state index in [-0.39, 0.29) is 5.78 Å². The molecule has 0 fully saturated rings. The molecule has 0 spiro atoms. The van der Waals surface area contributed by atoms with E-state index in [0.717, 1.165) is 0 Å². The highest BCUT2D eigenvalue weighted by molar-refractivity contribution is 5.75. The molecule has 0 saturated carbocycles. The number of hydrogen-bond donors (Lipinski definition) is 0. The van der Waals surface area contributed by atoms with Gasteiger partial charge in [-0.1, -0.05) is 19.1 Å². The molecule has 0 aromatic carbocycles. The topological polar surface area (TPSA) is 17.1 Å². The first kappa shape index (κ1) is 8.41. The number of rotatable bonds is 3. The van der Waals surface area contributed by atoms with E-state index in [1.165, 1.54) is 0 Å². The van der Waals surface area contributed by atoms with E-state index in [2.05, 4.69) is 0 Å². The maximum atomic E-state index is 10.5. The van der Waals surface area contributed by atoms with Crippen LogP contribution in [0.15, 0.2) is 12.2 Å². The molecule has 0 aromatic heterocycles. The van der Waals surface area contributed by atoms with Crippen LogP contribution in [0.1, 0.15) is 27.2 Å². The fraction of sp³-hybridized carbons (Fsp3) is 0.625. The Morgan fingerprint density at radius 2 is 2.22 bits per heavy atom. The predicted octanol–water partition coefficient (Wildman–Crippen LogP) is 2.18. The average molecular weight is 126 g/mol. The molecule has 0 aliphatic carbocycles. The molecule has 0 radical (unpaired) electrons. The minimum absolute atomic E-state index is 0.264. The smallest absolute Gasteiger partial charge is 0.130 e. The molecule has 0 rings (SSSR count). The number of carbonyl (C=O) groups excluding carboxylic acids is 1. The Morgan fingerprint density at radius 3 is 2.56 bits per heavy atom. The van der Waals surface area contributed by atoms with Gasteiger partial charge in [0.05, 0.1) is 0 Å². The number of hydrogen-bond acceptors (Lipinski definition) is 1. The number of carbonyl (C=O) groups is 1. The van der Waals surface area contributed by atoms with E-state index in [4.69, 9.17) is 0 Å². The Hall–Kier alpha value is -0.590. The predicted molar refractivity (Wildman–Crippen MR) is 39.3 cm³/mol. The number of ketones is 1. The normalized spacial score (nSPS) is 14.1. The zero-order valence-corrected chi connectivity index (χ0v) is 6.35. The molecule has 0 amide bonds. The Morgan fingerprint density at radius 1 is 1.67 bits per heavy atom. The second-order valence-electron chi connectivity index (χ2n) is 2.41. The Labute approximate surface area is 56.8 Å². The molecule has 52 valence electrons. The second kappa shape index (κ2) is 4.30. The first-order valence-electron chi connectivity index (χ1n) is 3.29. The fourth-order valence-electron chi connectivity index (χ4n) is 0.850. The lowest BCUT2D eigenvalue weighted by Gasteiger charge is -1.99. The summed E-state index contributed by atoms with van der Waals surface area (Å²) in [4.78, 5) is 10.5. The van der Waals surface area contributed by atoms with Gasteiger partial charge >= 0.3 is 0 Å². The van der Waals surface area contributed by atoms with E-state index in [0.29, 0.717) is 12.3 Å². The lowest BCUT2D eigenvalue weighted by Crippen LogP contribution is -1.97. The lowest BCUT2D eigenvalue weighted by atomic mass is 10.1. The van der Waals surface area contributed by atoms with Crippen LogP contribution in [-0.4, -0.2) is 5.78 Å². The highest BCUT2D eigenvalue weighted by atomic mass is 16.1. The SMILES string of the molecule is C/C=C/C(C)CC(C)=O. The van der Waals surface area contributed by atoms with Crippen molar-refractivity contribution < 1.29 is 4.79 Å². The summed E-state index contributed by atoms with van der Waals surface area (Å²) < 4.78 is 0. The largest absolute Gasteiger partial charge is 0.300 e. The zero-order valence-electron chi connectivity index (χ0n) is 6.35. The van der Waals surface area contributed by atoms with Crippen molar-refractivity contribution in [3.05, 3.63) is 12.2 Å². The Balaban J connectivity index is 3.50. The third-order valence-corrected chi connectivity index (χ3v) is 1.13. The average Bonchev–Trinajstić information content (AvgIpc) is 1.63. The zero-order chi connectivity index (χ0) is 7.28. The highest BCUT2D eigenvalue weighted by Crippen LogP contribution is 2.02. The molecule has 0 N–H and O–H groups in total. The monoisotopic (exact) mass is 126 g/mol. The van der Waals surface area contributed by atoms with Crippen LogP contribution in [-0.2, 0) is 4.79 Å². The molecule has 0 aromatic rings. The van der Waals surface area contributed by atoms with Gasteiger partial charge in [-0.3, -0.25) is 0 Å². The molecule has 0 saturated heterocycles. The van der Waals surface area contributed by atoms with Crippen molar-refractivity contribution in [3.8, 4) is 0 Å². The molecule has 0 heterocycles. The molecule has 9 heavy (non-hydrogen) atoms. The first-order chi connectivity index (χ1) is 4.16. The van der Waals surface area contributed by atoms with Gasteiger partial charge in [0.25, 0.3) is 0 Å². The molecular weight excluding hydrogens is 112 g/mol. The molecule has 0 aliphatic rings. The molecule has 0 aliphatic heterocycles. The molecule has 1 heteroatoms. The van der Waals surface area contributed by atoms with Crippen molar-refractivity contribution in [1.82, 2.24) is 0 Å².